The second kappa shape index (κ2) is 11.3. The van der Waals surface area contributed by atoms with Crippen LogP contribution in [0.25, 0.3) is 11.1 Å². The Kier molecular flexibility index (Phi) is 8.28. The van der Waals surface area contributed by atoms with E-state index in [-0.39, 0.29) is 5.82 Å². The van der Waals surface area contributed by atoms with Crippen LogP contribution in [-0.4, -0.2) is 21.8 Å². The molecule has 0 atom stereocenters. The molecule has 2 amide bonds. The zero-order valence-corrected chi connectivity index (χ0v) is 20.4. The highest BCUT2D eigenvalue weighted by molar-refractivity contribution is 6.30. The van der Waals surface area contributed by atoms with Crippen molar-refractivity contribution in [2.24, 2.45) is 0 Å². The zero-order chi connectivity index (χ0) is 24.7. The second-order valence-corrected chi connectivity index (χ2v) is 7.78. The number of benzene rings is 3. The molecular formula is C28H26ClN3O2. The highest BCUT2D eigenvalue weighted by Gasteiger charge is 2.31. The molecule has 3 aromatic carbocycles. The number of imide groups is 1. The molecule has 1 aromatic heterocycles. The number of anilines is 1. The number of amides is 2. The number of carbonyl (C=O) groups is 2. The summed E-state index contributed by atoms with van der Waals surface area (Å²) in [5, 5.41) is 0.580. The third kappa shape index (κ3) is 5.21. The molecule has 0 saturated carbocycles. The van der Waals surface area contributed by atoms with Gasteiger partial charge in [-0.15, -0.1) is 0 Å². The summed E-state index contributed by atoms with van der Waals surface area (Å²) in [6.45, 7) is 7.67. The molecule has 0 saturated heterocycles. The molecule has 0 aliphatic carbocycles. The summed E-state index contributed by atoms with van der Waals surface area (Å²) in [4.78, 5) is 37.1. The van der Waals surface area contributed by atoms with Crippen molar-refractivity contribution in [3.8, 4) is 11.1 Å². The van der Waals surface area contributed by atoms with Crippen LogP contribution in [-0.2, 0) is 0 Å². The molecule has 0 spiro atoms. The van der Waals surface area contributed by atoms with E-state index in [0.29, 0.717) is 21.7 Å². The van der Waals surface area contributed by atoms with Crippen LogP contribution in [0.3, 0.4) is 0 Å². The molecule has 6 heteroatoms. The number of hydrogen-bond acceptors (Lipinski definition) is 4. The summed E-state index contributed by atoms with van der Waals surface area (Å²) in [5.74, 6) is -0.695. The summed E-state index contributed by atoms with van der Waals surface area (Å²) in [7, 11) is 0. The van der Waals surface area contributed by atoms with Gasteiger partial charge in [0.1, 0.15) is 6.33 Å². The van der Waals surface area contributed by atoms with E-state index in [4.69, 9.17) is 11.6 Å². The molecule has 5 nitrogen and oxygen atoms in total. The van der Waals surface area contributed by atoms with Gasteiger partial charge in [-0.2, -0.15) is 0 Å². The SMILES string of the molecule is CC.Cc1ccccc1C(=O)N(C(=O)c1ccccc1C)c1ncncc1-c1ccc(Cl)cc1. The minimum Gasteiger partial charge on any atom is -0.268 e. The van der Waals surface area contributed by atoms with Crippen LogP contribution < -0.4 is 4.90 Å². The first-order valence-electron chi connectivity index (χ1n) is 11.0. The van der Waals surface area contributed by atoms with Crippen LogP contribution in [0.5, 0.6) is 0 Å². The van der Waals surface area contributed by atoms with Crippen LogP contribution >= 0.6 is 11.6 Å². The van der Waals surface area contributed by atoms with Crippen LogP contribution in [0.1, 0.15) is 45.7 Å². The number of halogens is 1. The topological polar surface area (TPSA) is 63.2 Å². The van der Waals surface area contributed by atoms with E-state index in [1.807, 2.05) is 52.0 Å². The molecule has 172 valence electrons. The van der Waals surface area contributed by atoms with Crippen LogP contribution in [0, 0.1) is 13.8 Å². The van der Waals surface area contributed by atoms with Gasteiger partial charge in [-0.3, -0.25) is 9.59 Å². The molecular weight excluding hydrogens is 446 g/mol. The lowest BCUT2D eigenvalue weighted by atomic mass is 10.0. The minimum atomic E-state index is -0.453. The first-order chi connectivity index (χ1) is 16.5. The van der Waals surface area contributed by atoms with E-state index in [1.165, 1.54) is 6.33 Å². The van der Waals surface area contributed by atoms with Crippen LogP contribution in [0.2, 0.25) is 5.02 Å². The maximum Gasteiger partial charge on any atom is 0.266 e. The largest absolute Gasteiger partial charge is 0.268 e. The lowest BCUT2D eigenvalue weighted by Crippen LogP contribution is -2.39. The van der Waals surface area contributed by atoms with Gasteiger partial charge in [0.15, 0.2) is 5.82 Å². The van der Waals surface area contributed by atoms with Crippen molar-refractivity contribution in [3.63, 3.8) is 0 Å². The highest BCUT2D eigenvalue weighted by Crippen LogP contribution is 2.31. The van der Waals surface area contributed by atoms with Gasteiger partial charge in [0.25, 0.3) is 11.8 Å². The fourth-order valence-electron chi connectivity index (χ4n) is 3.49. The standard InChI is InChI=1S/C26H20ClN3O2.C2H6/c1-17-7-3-5-9-21(17)25(31)30(26(32)22-10-6-4-8-18(22)2)24-23(15-28-16-29-24)19-11-13-20(27)14-12-19;1-2/h3-16H,1-2H3;1-2H3. The molecule has 0 fully saturated rings. The van der Waals surface area contributed by atoms with E-state index < -0.39 is 11.8 Å². The molecule has 34 heavy (non-hydrogen) atoms. The van der Waals surface area contributed by atoms with Crippen molar-refractivity contribution in [2.45, 2.75) is 27.7 Å². The summed E-state index contributed by atoms with van der Waals surface area (Å²) < 4.78 is 0. The smallest absolute Gasteiger partial charge is 0.266 e. The monoisotopic (exact) mass is 471 g/mol. The zero-order valence-electron chi connectivity index (χ0n) is 19.6. The van der Waals surface area contributed by atoms with Gasteiger partial charge >= 0.3 is 0 Å². The highest BCUT2D eigenvalue weighted by atomic mass is 35.5. The van der Waals surface area contributed by atoms with Crippen molar-refractivity contribution in [1.82, 2.24) is 9.97 Å². The van der Waals surface area contributed by atoms with Gasteiger partial charge in [-0.1, -0.05) is 74.0 Å². The number of aromatic nitrogens is 2. The molecule has 0 unspecified atom stereocenters. The molecule has 4 rings (SSSR count). The average molecular weight is 472 g/mol. The van der Waals surface area contributed by atoms with Crippen molar-refractivity contribution in [2.75, 3.05) is 4.90 Å². The minimum absolute atomic E-state index is 0.212. The molecule has 0 bridgehead atoms. The molecule has 0 N–H and O–H groups in total. The molecule has 4 aromatic rings. The lowest BCUT2D eigenvalue weighted by Gasteiger charge is -2.23. The number of rotatable bonds is 4. The van der Waals surface area contributed by atoms with Gasteiger partial charge in [-0.25, -0.2) is 14.9 Å². The fraction of sp³-hybridized carbons (Fsp3) is 0.143. The lowest BCUT2D eigenvalue weighted by molar-refractivity contribution is 0.0896. The normalized spacial score (nSPS) is 10.1. The van der Waals surface area contributed by atoms with Crippen molar-refractivity contribution >= 4 is 29.2 Å². The Hall–Kier alpha value is -3.83. The first kappa shape index (κ1) is 24.8. The van der Waals surface area contributed by atoms with Crippen LogP contribution in [0.15, 0.2) is 85.3 Å². The van der Waals surface area contributed by atoms with Crippen molar-refractivity contribution < 1.29 is 9.59 Å². The third-order valence-electron chi connectivity index (χ3n) is 5.22. The molecule has 0 radical (unpaired) electrons. The van der Waals surface area contributed by atoms with E-state index in [0.717, 1.165) is 21.6 Å². The molecule has 1 heterocycles. The summed E-state index contributed by atoms with van der Waals surface area (Å²) in [6, 6.07) is 21.4. The Morgan fingerprint density at radius 2 is 1.26 bits per heavy atom. The fourth-order valence-corrected chi connectivity index (χ4v) is 3.61. The predicted octanol–water partition coefficient (Wildman–Crippen LogP) is 6.93. The quantitative estimate of drug-likeness (QED) is 0.303. The number of nitrogens with zero attached hydrogens (tertiary/aromatic N) is 3. The molecule has 0 aliphatic heterocycles. The van der Waals surface area contributed by atoms with E-state index in [9.17, 15) is 9.59 Å². The summed E-state index contributed by atoms with van der Waals surface area (Å²) in [5.41, 5.74) is 3.67. The predicted molar refractivity (Wildman–Crippen MR) is 137 cm³/mol. The van der Waals surface area contributed by atoms with Crippen molar-refractivity contribution in [1.29, 1.82) is 0 Å². The maximum atomic E-state index is 13.8. The van der Waals surface area contributed by atoms with Crippen LogP contribution in [0.4, 0.5) is 5.82 Å². The van der Waals surface area contributed by atoms with Gasteiger partial charge in [-0.05, 0) is 54.8 Å². The summed E-state index contributed by atoms with van der Waals surface area (Å²) in [6.07, 6.45) is 2.92. The van der Waals surface area contributed by atoms with Gasteiger partial charge in [0.2, 0.25) is 0 Å². The Morgan fingerprint density at radius 1 is 0.765 bits per heavy atom. The number of hydrogen-bond donors (Lipinski definition) is 0. The Morgan fingerprint density at radius 3 is 1.76 bits per heavy atom. The Bertz CT molecular complexity index is 1250. The number of aryl methyl sites for hydroxylation is 2. The van der Waals surface area contributed by atoms with Gasteiger partial charge < -0.3 is 0 Å². The van der Waals surface area contributed by atoms with Crippen molar-refractivity contribution in [3.05, 3.63) is 113 Å². The Labute approximate surface area is 205 Å². The van der Waals surface area contributed by atoms with Gasteiger partial charge in [0.05, 0.1) is 0 Å². The number of carbonyl (C=O) groups excluding carboxylic acids is 2. The van der Waals surface area contributed by atoms with E-state index in [2.05, 4.69) is 9.97 Å². The summed E-state index contributed by atoms with van der Waals surface area (Å²) >= 11 is 6.05. The van der Waals surface area contributed by atoms with Gasteiger partial charge in [0, 0.05) is 27.9 Å². The van der Waals surface area contributed by atoms with E-state index in [1.54, 1.807) is 54.7 Å². The van der Waals surface area contributed by atoms with E-state index >= 15 is 0 Å². The Balaban J connectivity index is 0.00000158. The average Bonchev–Trinajstić information content (AvgIpc) is 2.87. The first-order valence-corrected chi connectivity index (χ1v) is 11.4. The third-order valence-corrected chi connectivity index (χ3v) is 5.47. The maximum absolute atomic E-state index is 13.8. The second-order valence-electron chi connectivity index (χ2n) is 7.34. The molecule has 0 aliphatic rings.